The SMILES string of the molecule is CCOC(=O)CN(CCOC)CC(=O)N1N=C(c2cccs2)CC1c1ccco1. The zero-order chi connectivity index (χ0) is 20.6. The number of nitrogens with zero attached hydrogens (tertiary/aromatic N) is 3. The summed E-state index contributed by atoms with van der Waals surface area (Å²) in [4.78, 5) is 27.8. The Labute approximate surface area is 173 Å². The normalized spacial score (nSPS) is 16.3. The van der Waals surface area contributed by atoms with E-state index in [0.717, 1.165) is 10.6 Å². The van der Waals surface area contributed by atoms with Gasteiger partial charge in [0.05, 0.1) is 43.2 Å². The molecule has 0 aromatic carbocycles. The molecular weight excluding hydrogens is 394 g/mol. The number of methoxy groups -OCH3 is 1. The molecule has 0 fully saturated rings. The van der Waals surface area contributed by atoms with E-state index < -0.39 is 0 Å². The second-order valence-electron chi connectivity index (χ2n) is 6.51. The highest BCUT2D eigenvalue weighted by Gasteiger charge is 2.35. The highest BCUT2D eigenvalue weighted by atomic mass is 32.1. The van der Waals surface area contributed by atoms with Crippen molar-refractivity contribution in [1.82, 2.24) is 9.91 Å². The Morgan fingerprint density at radius 3 is 2.86 bits per heavy atom. The smallest absolute Gasteiger partial charge is 0.320 e. The molecule has 0 radical (unpaired) electrons. The van der Waals surface area contributed by atoms with Gasteiger partial charge in [0.1, 0.15) is 11.8 Å². The molecule has 1 atom stereocenters. The number of hydrogen-bond acceptors (Lipinski definition) is 8. The summed E-state index contributed by atoms with van der Waals surface area (Å²) >= 11 is 1.58. The Morgan fingerprint density at radius 2 is 2.21 bits per heavy atom. The number of esters is 1. The zero-order valence-corrected chi connectivity index (χ0v) is 17.4. The van der Waals surface area contributed by atoms with Crippen LogP contribution < -0.4 is 0 Å². The number of hydrazone groups is 1. The van der Waals surface area contributed by atoms with E-state index in [9.17, 15) is 9.59 Å². The first kappa shape index (κ1) is 21.2. The lowest BCUT2D eigenvalue weighted by Crippen LogP contribution is -2.42. The number of furan rings is 1. The fourth-order valence-electron chi connectivity index (χ4n) is 3.12. The van der Waals surface area contributed by atoms with Gasteiger partial charge in [-0.05, 0) is 30.5 Å². The average Bonchev–Trinajstić information content (AvgIpc) is 3.46. The highest BCUT2D eigenvalue weighted by molar-refractivity contribution is 7.12. The number of carbonyl (C=O) groups excluding carboxylic acids is 2. The Kier molecular flexibility index (Phi) is 7.56. The van der Waals surface area contributed by atoms with E-state index in [1.165, 1.54) is 5.01 Å². The predicted octanol–water partition coefficient (Wildman–Crippen LogP) is 2.53. The number of ether oxygens (including phenoxy) is 2. The Balaban J connectivity index is 1.76. The van der Waals surface area contributed by atoms with Crippen LogP contribution in [-0.4, -0.2) is 67.5 Å². The third-order valence-electron chi connectivity index (χ3n) is 4.47. The van der Waals surface area contributed by atoms with Crippen LogP contribution in [0.15, 0.2) is 45.4 Å². The summed E-state index contributed by atoms with van der Waals surface area (Å²) in [6.07, 6.45) is 2.17. The molecule has 29 heavy (non-hydrogen) atoms. The van der Waals surface area contributed by atoms with Crippen molar-refractivity contribution in [1.29, 1.82) is 0 Å². The predicted molar refractivity (Wildman–Crippen MR) is 109 cm³/mol. The average molecular weight is 420 g/mol. The summed E-state index contributed by atoms with van der Waals surface area (Å²) in [7, 11) is 1.58. The quantitative estimate of drug-likeness (QED) is 0.550. The molecule has 156 valence electrons. The molecule has 3 rings (SSSR count). The van der Waals surface area contributed by atoms with Gasteiger partial charge in [-0.1, -0.05) is 6.07 Å². The highest BCUT2D eigenvalue weighted by Crippen LogP contribution is 2.34. The van der Waals surface area contributed by atoms with E-state index in [2.05, 4.69) is 5.10 Å². The molecule has 1 unspecified atom stereocenters. The number of thiophene rings is 1. The third kappa shape index (κ3) is 5.53. The van der Waals surface area contributed by atoms with Crippen molar-refractivity contribution in [2.24, 2.45) is 5.10 Å². The van der Waals surface area contributed by atoms with Crippen LogP contribution in [0.2, 0.25) is 0 Å². The maximum Gasteiger partial charge on any atom is 0.320 e. The van der Waals surface area contributed by atoms with Crippen molar-refractivity contribution >= 4 is 28.9 Å². The second-order valence-corrected chi connectivity index (χ2v) is 7.45. The van der Waals surface area contributed by atoms with Crippen LogP contribution in [0.1, 0.15) is 30.0 Å². The minimum Gasteiger partial charge on any atom is -0.467 e. The summed E-state index contributed by atoms with van der Waals surface area (Å²) in [5.74, 6) is 0.101. The lowest BCUT2D eigenvalue weighted by Gasteiger charge is -2.25. The topological polar surface area (TPSA) is 84.6 Å². The van der Waals surface area contributed by atoms with Crippen molar-refractivity contribution in [3.8, 4) is 0 Å². The van der Waals surface area contributed by atoms with Gasteiger partial charge in [0.25, 0.3) is 5.91 Å². The van der Waals surface area contributed by atoms with Gasteiger partial charge in [0.15, 0.2) is 0 Å². The minimum absolute atomic E-state index is 0.0176. The number of amides is 1. The van der Waals surface area contributed by atoms with Crippen LogP contribution in [0, 0.1) is 0 Å². The fraction of sp³-hybridized carbons (Fsp3) is 0.450. The van der Waals surface area contributed by atoms with E-state index in [0.29, 0.717) is 31.9 Å². The van der Waals surface area contributed by atoms with Crippen molar-refractivity contribution < 1.29 is 23.5 Å². The minimum atomic E-state index is -0.372. The van der Waals surface area contributed by atoms with Gasteiger partial charge >= 0.3 is 5.97 Å². The van der Waals surface area contributed by atoms with Crippen molar-refractivity contribution in [2.45, 2.75) is 19.4 Å². The fourth-order valence-corrected chi connectivity index (χ4v) is 3.84. The maximum atomic E-state index is 13.1. The summed E-state index contributed by atoms with van der Waals surface area (Å²) in [5, 5.41) is 8.05. The molecule has 8 nitrogen and oxygen atoms in total. The molecular formula is C20H25N3O5S. The molecule has 0 saturated heterocycles. The Morgan fingerprint density at radius 1 is 1.34 bits per heavy atom. The van der Waals surface area contributed by atoms with Crippen LogP contribution in [-0.2, 0) is 19.1 Å². The van der Waals surface area contributed by atoms with Gasteiger partial charge < -0.3 is 13.9 Å². The third-order valence-corrected chi connectivity index (χ3v) is 5.39. The summed E-state index contributed by atoms with van der Waals surface area (Å²) < 4.78 is 15.7. The number of hydrogen-bond donors (Lipinski definition) is 0. The largest absolute Gasteiger partial charge is 0.467 e. The van der Waals surface area contributed by atoms with E-state index in [4.69, 9.17) is 13.9 Å². The van der Waals surface area contributed by atoms with Gasteiger partial charge in [0, 0.05) is 20.1 Å². The molecule has 0 N–H and O–H groups in total. The molecule has 2 aromatic rings. The van der Waals surface area contributed by atoms with Crippen molar-refractivity contribution in [3.05, 3.63) is 46.5 Å². The monoisotopic (exact) mass is 419 g/mol. The van der Waals surface area contributed by atoms with E-state index in [-0.39, 0.29) is 31.0 Å². The molecule has 0 aliphatic carbocycles. The van der Waals surface area contributed by atoms with Crippen LogP contribution in [0.3, 0.4) is 0 Å². The molecule has 3 heterocycles. The molecule has 2 aromatic heterocycles. The van der Waals surface area contributed by atoms with E-state index >= 15 is 0 Å². The van der Waals surface area contributed by atoms with Gasteiger partial charge in [-0.15, -0.1) is 11.3 Å². The molecule has 0 spiro atoms. The van der Waals surface area contributed by atoms with Crippen molar-refractivity contribution in [3.63, 3.8) is 0 Å². The standard InChI is InChI=1S/C20H25N3O5S/c1-3-27-20(25)14-22(8-10-26-2)13-19(24)23-16(17-6-4-9-28-17)12-15(21-23)18-7-5-11-29-18/h4-7,9,11,16H,3,8,10,12-14H2,1-2H3. The van der Waals surface area contributed by atoms with E-state index in [1.54, 1.807) is 42.6 Å². The van der Waals surface area contributed by atoms with Crippen LogP contribution in [0.5, 0.6) is 0 Å². The van der Waals surface area contributed by atoms with Gasteiger partial charge in [-0.25, -0.2) is 5.01 Å². The van der Waals surface area contributed by atoms with Crippen LogP contribution >= 0.6 is 11.3 Å². The molecule has 9 heteroatoms. The summed E-state index contributed by atoms with van der Waals surface area (Å²) in [5.41, 5.74) is 0.851. The maximum absolute atomic E-state index is 13.1. The molecule has 1 aliphatic rings. The van der Waals surface area contributed by atoms with Gasteiger partial charge in [-0.2, -0.15) is 5.10 Å². The number of rotatable bonds is 10. The second kappa shape index (κ2) is 10.3. The molecule has 1 aliphatic heterocycles. The molecule has 0 saturated carbocycles. The Bertz CT molecular complexity index is 819. The Hall–Kier alpha value is -2.49. The van der Waals surface area contributed by atoms with Crippen LogP contribution in [0.25, 0.3) is 0 Å². The first-order valence-electron chi connectivity index (χ1n) is 9.46. The van der Waals surface area contributed by atoms with E-state index in [1.807, 2.05) is 23.6 Å². The molecule has 0 bridgehead atoms. The lowest BCUT2D eigenvalue weighted by molar-refractivity contribution is -0.145. The van der Waals surface area contributed by atoms with Gasteiger partial charge in [0.2, 0.25) is 0 Å². The zero-order valence-electron chi connectivity index (χ0n) is 16.6. The summed E-state index contributed by atoms with van der Waals surface area (Å²) in [6, 6.07) is 7.29. The first-order valence-corrected chi connectivity index (χ1v) is 10.3. The summed E-state index contributed by atoms with van der Waals surface area (Å²) in [6.45, 7) is 2.93. The first-order chi connectivity index (χ1) is 14.1. The number of carbonyl (C=O) groups is 2. The van der Waals surface area contributed by atoms with Crippen LogP contribution in [0.4, 0.5) is 0 Å². The van der Waals surface area contributed by atoms with Gasteiger partial charge in [-0.3, -0.25) is 14.5 Å². The lowest BCUT2D eigenvalue weighted by atomic mass is 10.1. The van der Waals surface area contributed by atoms with Crippen molar-refractivity contribution in [2.75, 3.05) is 40.0 Å². The molecule has 1 amide bonds.